The molecule has 0 saturated heterocycles. The number of amides is 1. The monoisotopic (exact) mass is 420 g/mol. The maximum atomic E-state index is 12.3. The highest BCUT2D eigenvalue weighted by molar-refractivity contribution is 7.99. The van der Waals surface area contributed by atoms with Gasteiger partial charge >= 0.3 is 0 Å². The van der Waals surface area contributed by atoms with Gasteiger partial charge in [0.25, 0.3) is 0 Å². The van der Waals surface area contributed by atoms with Gasteiger partial charge in [0.15, 0.2) is 5.16 Å². The number of aromatic nitrogens is 5. The smallest absolute Gasteiger partial charge is 0.230 e. The number of nitrogens with one attached hydrogen (secondary N) is 1. The van der Waals surface area contributed by atoms with Gasteiger partial charge in [-0.15, -0.1) is 10.2 Å². The van der Waals surface area contributed by atoms with Crippen LogP contribution in [0.2, 0.25) is 0 Å². The maximum absolute atomic E-state index is 12.3. The zero-order valence-corrected chi connectivity index (χ0v) is 17.9. The second kappa shape index (κ2) is 9.13. The van der Waals surface area contributed by atoms with Crippen molar-refractivity contribution in [3.63, 3.8) is 0 Å². The molecule has 7 nitrogen and oxygen atoms in total. The zero-order valence-electron chi connectivity index (χ0n) is 17.1. The van der Waals surface area contributed by atoms with E-state index in [1.807, 2.05) is 60.9 Å². The van der Waals surface area contributed by atoms with E-state index in [1.165, 1.54) is 17.3 Å². The number of fused-ring (bicyclic) bond motifs is 1. The fourth-order valence-corrected chi connectivity index (χ4v) is 4.09. The Morgan fingerprint density at radius 1 is 1.10 bits per heavy atom. The molecule has 2 heterocycles. The number of nitrogens with zero attached hydrogens (tertiary/aromatic N) is 5. The lowest BCUT2D eigenvalue weighted by Crippen LogP contribution is -2.27. The summed E-state index contributed by atoms with van der Waals surface area (Å²) in [5, 5.41) is 11.8. The van der Waals surface area contributed by atoms with Crippen molar-refractivity contribution in [2.45, 2.75) is 32.0 Å². The molecule has 0 saturated carbocycles. The number of thioether (sulfide) groups is 1. The predicted octanol–water partition coefficient (Wildman–Crippen LogP) is 3.53. The summed E-state index contributed by atoms with van der Waals surface area (Å²) in [6, 6.07) is 16.2. The first-order valence-corrected chi connectivity index (χ1v) is 10.9. The molecule has 2 aromatic carbocycles. The van der Waals surface area contributed by atoms with Crippen molar-refractivity contribution in [1.29, 1.82) is 0 Å². The summed E-state index contributed by atoms with van der Waals surface area (Å²) >= 11 is 1.38. The molecule has 1 amide bonds. The number of benzene rings is 2. The molecule has 0 aliphatic carbocycles. The number of hydrogen-bond donors (Lipinski definition) is 1. The van der Waals surface area contributed by atoms with Gasteiger partial charge in [0.1, 0.15) is 12.2 Å². The summed E-state index contributed by atoms with van der Waals surface area (Å²) in [6.45, 7) is 5.50. The highest BCUT2D eigenvalue weighted by atomic mass is 32.2. The average molecular weight is 421 g/mol. The average Bonchev–Trinajstić information content (AvgIpc) is 3.34. The normalized spacial score (nSPS) is 11.1. The van der Waals surface area contributed by atoms with Crippen LogP contribution in [-0.2, 0) is 11.3 Å². The standard InChI is InChI=1S/C22H24N6OS/c1-16-8-10-18(11-9-16)28-15-24-26-22(28)30-14-21(29)23-12-5-13-27-17(2)25-19-6-3-4-7-20(19)27/h3-4,6-11,15H,5,12-14H2,1-2H3,(H,23,29). The van der Waals surface area contributed by atoms with E-state index in [9.17, 15) is 4.79 Å². The number of carbonyl (C=O) groups is 1. The molecule has 0 fully saturated rings. The molecular weight excluding hydrogens is 396 g/mol. The van der Waals surface area contributed by atoms with Crippen LogP contribution in [0.4, 0.5) is 0 Å². The minimum absolute atomic E-state index is 0.00864. The second-order valence-corrected chi connectivity index (χ2v) is 8.05. The van der Waals surface area contributed by atoms with Gasteiger partial charge in [-0.1, -0.05) is 41.6 Å². The molecule has 4 aromatic rings. The van der Waals surface area contributed by atoms with Crippen molar-refractivity contribution in [1.82, 2.24) is 29.6 Å². The highest BCUT2D eigenvalue weighted by Crippen LogP contribution is 2.19. The van der Waals surface area contributed by atoms with E-state index in [0.29, 0.717) is 17.5 Å². The van der Waals surface area contributed by atoms with Crippen molar-refractivity contribution in [3.05, 3.63) is 66.2 Å². The third-order valence-corrected chi connectivity index (χ3v) is 5.83. The van der Waals surface area contributed by atoms with E-state index in [2.05, 4.69) is 31.1 Å². The molecular formula is C22H24N6OS. The topological polar surface area (TPSA) is 77.6 Å². The van der Waals surface area contributed by atoms with E-state index >= 15 is 0 Å². The van der Waals surface area contributed by atoms with Gasteiger partial charge in [-0.25, -0.2) is 4.98 Å². The van der Waals surface area contributed by atoms with E-state index in [-0.39, 0.29) is 5.91 Å². The first kappa shape index (κ1) is 20.2. The van der Waals surface area contributed by atoms with Crippen molar-refractivity contribution < 1.29 is 4.79 Å². The molecule has 4 rings (SSSR count). The molecule has 0 spiro atoms. The molecule has 0 unspecified atom stereocenters. The lowest BCUT2D eigenvalue weighted by Gasteiger charge is -2.09. The zero-order chi connectivity index (χ0) is 20.9. The van der Waals surface area contributed by atoms with E-state index in [1.54, 1.807) is 6.33 Å². The third-order valence-electron chi connectivity index (χ3n) is 4.89. The van der Waals surface area contributed by atoms with E-state index in [4.69, 9.17) is 0 Å². The Labute approximate surface area is 179 Å². The van der Waals surface area contributed by atoms with Gasteiger partial charge < -0.3 is 9.88 Å². The Balaban J connectivity index is 1.26. The van der Waals surface area contributed by atoms with Crippen LogP contribution in [0, 0.1) is 13.8 Å². The van der Waals surface area contributed by atoms with E-state index < -0.39 is 0 Å². The van der Waals surface area contributed by atoms with Gasteiger partial charge in [0.2, 0.25) is 5.91 Å². The molecule has 0 atom stereocenters. The fraction of sp³-hybridized carbons (Fsp3) is 0.273. The first-order valence-electron chi connectivity index (χ1n) is 9.90. The molecule has 0 aliphatic rings. The van der Waals surface area contributed by atoms with Gasteiger partial charge in [0.05, 0.1) is 16.8 Å². The van der Waals surface area contributed by atoms with E-state index in [0.717, 1.165) is 35.5 Å². The molecule has 0 radical (unpaired) electrons. The van der Waals surface area contributed by atoms with Crippen LogP contribution in [-0.4, -0.2) is 42.5 Å². The Bertz CT molecular complexity index is 1150. The Kier molecular flexibility index (Phi) is 6.13. The second-order valence-electron chi connectivity index (χ2n) is 7.11. The molecule has 0 bridgehead atoms. The lowest BCUT2D eigenvalue weighted by molar-refractivity contribution is -0.118. The van der Waals surface area contributed by atoms with Crippen LogP contribution in [0.1, 0.15) is 17.8 Å². The Morgan fingerprint density at radius 3 is 2.73 bits per heavy atom. The van der Waals surface area contributed by atoms with Gasteiger partial charge in [-0.05, 0) is 44.5 Å². The van der Waals surface area contributed by atoms with Crippen LogP contribution >= 0.6 is 11.8 Å². The largest absolute Gasteiger partial charge is 0.355 e. The lowest BCUT2D eigenvalue weighted by atomic mass is 10.2. The molecule has 1 N–H and O–H groups in total. The molecule has 2 aromatic heterocycles. The molecule has 8 heteroatoms. The number of para-hydroxylation sites is 2. The number of aryl methyl sites for hydroxylation is 3. The van der Waals surface area contributed by atoms with Gasteiger partial charge in [-0.3, -0.25) is 9.36 Å². The van der Waals surface area contributed by atoms with Crippen LogP contribution in [0.3, 0.4) is 0 Å². The number of rotatable bonds is 8. The molecule has 154 valence electrons. The fourth-order valence-electron chi connectivity index (χ4n) is 3.33. The van der Waals surface area contributed by atoms with Crippen molar-refractivity contribution >= 4 is 28.7 Å². The minimum atomic E-state index is -0.00864. The minimum Gasteiger partial charge on any atom is -0.355 e. The highest BCUT2D eigenvalue weighted by Gasteiger charge is 2.10. The Morgan fingerprint density at radius 2 is 1.90 bits per heavy atom. The van der Waals surface area contributed by atoms with Crippen molar-refractivity contribution in [3.8, 4) is 5.69 Å². The van der Waals surface area contributed by atoms with Crippen LogP contribution in [0.25, 0.3) is 16.7 Å². The quantitative estimate of drug-likeness (QED) is 0.349. The Hall–Kier alpha value is -3.13. The SMILES string of the molecule is Cc1ccc(-n2cnnc2SCC(=O)NCCCn2c(C)nc3ccccc32)cc1. The van der Waals surface area contributed by atoms with Crippen LogP contribution in [0.15, 0.2) is 60.0 Å². The number of imidazole rings is 1. The van der Waals surface area contributed by atoms with Crippen molar-refractivity contribution in [2.75, 3.05) is 12.3 Å². The van der Waals surface area contributed by atoms with Gasteiger partial charge in [0, 0.05) is 18.8 Å². The maximum Gasteiger partial charge on any atom is 0.230 e. The third kappa shape index (κ3) is 4.54. The summed E-state index contributed by atoms with van der Waals surface area (Å²) in [7, 11) is 0. The summed E-state index contributed by atoms with van der Waals surface area (Å²) in [5.74, 6) is 1.29. The van der Waals surface area contributed by atoms with Crippen LogP contribution in [0.5, 0.6) is 0 Å². The summed E-state index contributed by atoms with van der Waals surface area (Å²) in [4.78, 5) is 16.8. The van der Waals surface area contributed by atoms with Crippen molar-refractivity contribution in [2.24, 2.45) is 0 Å². The van der Waals surface area contributed by atoms with Crippen LogP contribution < -0.4 is 5.32 Å². The predicted molar refractivity (Wildman–Crippen MR) is 119 cm³/mol. The first-order chi connectivity index (χ1) is 14.6. The molecule has 30 heavy (non-hydrogen) atoms. The number of hydrogen-bond acceptors (Lipinski definition) is 5. The summed E-state index contributed by atoms with van der Waals surface area (Å²) < 4.78 is 4.09. The van der Waals surface area contributed by atoms with Gasteiger partial charge in [-0.2, -0.15) is 0 Å². The summed E-state index contributed by atoms with van der Waals surface area (Å²) in [5.41, 5.74) is 4.32. The summed E-state index contributed by atoms with van der Waals surface area (Å²) in [6.07, 6.45) is 2.51. The molecule has 0 aliphatic heterocycles. The number of carbonyl (C=O) groups excluding carboxylic acids is 1.